The van der Waals surface area contributed by atoms with Crippen molar-refractivity contribution in [1.29, 1.82) is 0 Å². The quantitative estimate of drug-likeness (QED) is 0.842. The summed E-state index contributed by atoms with van der Waals surface area (Å²) in [6.07, 6.45) is 0.659. The van der Waals surface area contributed by atoms with Crippen LogP contribution in [0.1, 0.15) is 6.42 Å². The molecule has 5 heteroatoms. The maximum atomic E-state index is 10.5. The first kappa shape index (κ1) is 12.4. The molecular weight excluding hydrogens is 234 g/mol. The molecule has 0 saturated heterocycles. The van der Waals surface area contributed by atoms with Gasteiger partial charge < -0.3 is 19.5 Å². The van der Waals surface area contributed by atoms with Gasteiger partial charge in [-0.15, -0.1) is 0 Å². The molecule has 1 atom stereocenters. The van der Waals surface area contributed by atoms with Crippen LogP contribution in [-0.4, -0.2) is 34.0 Å². The molecule has 0 fully saturated rings. The summed E-state index contributed by atoms with van der Waals surface area (Å²) in [6.45, 7) is 0.253. The summed E-state index contributed by atoms with van der Waals surface area (Å²) in [5.41, 5.74) is 0.916. The Morgan fingerprint density at radius 1 is 1.44 bits per heavy atom. The van der Waals surface area contributed by atoms with Crippen LogP contribution >= 0.6 is 0 Å². The molecule has 2 N–H and O–H groups in total. The first-order valence-corrected chi connectivity index (χ1v) is 5.63. The average molecular weight is 249 g/mol. The monoisotopic (exact) mass is 249 g/mol. The summed E-state index contributed by atoms with van der Waals surface area (Å²) in [5.74, 6) is -0.240. The van der Waals surface area contributed by atoms with Gasteiger partial charge in [-0.25, -0.2) is 0 Å². The summed E-state index contributed by atoms with van der Waals surface area (Å²) >= 11 is 0. The van der Waals surface area contributed by atoms with Gasteiger partial charge in [-0.1, -0.05) is 6.07 Å². The molecule has 0 bridgehead atoms. The number of hydrogen-bond acceptors (Lipinski definition) is 3. The van der Waals surface area contributed by atoms with Crippen molar-refractivity contribution in [2.24, 2.45) is 0 Å². The third-order valence-corrected chi connectivity index (χ3v) is 2.81. The van der Waals surface area contributed by atoms with E-state index >= 15 is 0 Å². The molecule has 1 heterocycles. The fourth-order valence-electron chi connectivity index (χ4n) is 2.03. The predicted molar refractivity (Wildman–Crippen MR) is 66.7 cm³/mol. The van der Waals surface area contributed by atoms with Crippen LogP contribution in [0.3, 0.4) is 0 Å². The van der Waals surface area contributed by atoms with Crippen LogP contribution in [0.5, 0.6) is 5.75 Å². The fourth-order valence-corrected chi connectivity index (χ4v) is 2.03. The van der Waals surface area contributed by atoms with Crippen molar-refractivity contribution in [3.05, 3.63) is 30.5 Å². The number of ether oxygens (including phenoxy) is 1. The van der Waals surface area contributed by atoms with Gasteiger partial charge in [0.25, 0.3) is 0 Å². The number of benzene rings is 1. The molecule has 2 aromatic rings. The van der Waals surface area contributed by atoms with Gasteiger partial charge >= 0.3 is 5.97 Å². The average Bonchev–Trinajstić information content (AvgIpc) is 2.71. The topological polar surface area (TPSA) is 71.7 Å². The summed E-state index contributed by atoms with van der Waals surface area (Å²) in [7, 11) is 1.60. The van der Waals surface area contributed by atoms with E-state index in [1.807, 2.05) is 35.0 Å². The normalized spacial score (nSPS) is 12.6. The molecular formula is C13H15NO4. The zero-order valence-corrected chi connectivity index (χ0v) is 10.0. The SMILES string of the molecule is COc1cccc2c1ccn2CC(O)CC(=O)O. The van der Waals surface area contributed by atoms with Gasteiger partial charge in [0.2, 0.25) is 0 Å². The molecule has 0 aliphatic rings. The van der Waals surface area contributed by atoms with E-state index in [0.717, 1.165) is 16.7 Å². The molecule has 0 aliphatic carbocycles. The Morgan fingerprint density at radius 3 is 2.89 bits per heavy atom. The molecule has 0 saturated carbocycles. The number of aliphatic carboxylic acids is 1. The van der Waals surface area contributed by atoms with Gasteiger partial charge in [0, 0.05) is 18.1 Å². The van der Waals surface area contributed by atoms with Crippen LogP contribution in [0.4, 0.5) is 0 Å². The minimum Gasteiger partial charge on any atom is -0.496 e. The standard InChI is InChI=1S/C13H15NO4/c1-18-12-4-2-3-11-10(12)5-6-14(11)8-9(15)7-13(16)17/h2-6,9,15H,7-8H2,1H3,(H,16,17). The molecule has 5 nitrogen and oxygen atoms in total. The Bertz CT molecular complexity index is 561. The number of carboxylic acids is 1. The van der Waals surface area contributed by atoms with Crippen LogP contribution in [0.25, 0.3) is 10.9 Å². The van der Waals surface area contributed by atoms with Gasteiger partial charge in [-0.05, 0) is 18.2 Å². The number of hydrogen-bond donors (Lipinski definition) is 2. The largest absolute Gasteiger partial charge is 0.496 e. The van der Waals surface area contributed by atoms with Gasteiger partial charge in [0.1, 0.15) is 5.75 Å². The minimum absolute atomic E-state index is 0.253. The van der Waals surface area contributed by atoms with E-state index in [4.69, 9.17) is 9.84 Å². The lowest BCUT2D eigenvalue weighted by Gasteiger charge is -2.11. The van der Waals surface area contributed by atoms with E-state index in [1.54, 1.807) is 7.11 Å². The van der Waals surface area contributed by atoms with Gasteiger partial charge in [-0.2, -0.15) is 0 Å². The zero-order chi connectivity index (χ0) is 13.1. The molecule has 0 aliphatic heterocycles. The number of methoxy groups -OCH3 is 1. The molecule has 18 heavy (non-hydrogen) atoms. The van der Waals surface area contributed by atoms with Crippen molar-refractivity contribution in [1.82, 2.24) is 4.57 Å². The third-order valence-electron chi connectivity index (χ3n) is 2.81. The lowest BCUT2D eigenvalue weighted by molar-refractivity contribution is -0.139. The summed E-state index contributed by atoms with van der Waals surface area (Å²) < 4.78 is 7.07. The maximum absolute atomic E-state index is 10.5. The van der Waals surface area contributed by atoms with E-state index in [1.165, 1.54) is 0 Å². The number of rotatable bonds is 5. The van der Waals surface area contributed by atoms with Crippen molar-refractivity contribution in [2.45, 2.75) is 19.1 Å². The lowest BCUT2D eigenvalue weighted by Crippen LogP contribution is -2.19. The van der Waals surface area contributed by atoms with E-state index in [0.29, 0.717) is 0 Å². The van der Waals surface area contributed by atoms with Crippen LogP contribution in [0.2, 0.25) is 0 Å². The lowest BCUT2D eigenvalue weighted by atomic mass is 10.2. The van der Waals surface area contributed by atoms with Gasteiger partial charge in [-0.3, -0.25) is 4.79 Å². The third kappa shape index (κ3) is 2.46. The van der Waals surface area contributed by atoms with Crippen molar-refractivity contribution in [3.63, 3.8) is 0 Å². The molecule has 0 radical (unpaired) electrons. The first-order chi connectivity index (χ1) is 8.61. The second kappa shape index (κ2) is 5.10. The zero-order valence-electron chi connectivity index (χ0n) is 10.0. The number of carbonyl (C=O) groups is 1. The Morgan fingerprint density at radius 2 is 2.22 bits per heavy atom. The molecule has 2 rings (SSSR count). The van der Waals surface area contributed by atoms with Crippen LogP contribution in [-0.2, 0) is 11.3 Å². The van der Waals surface area contributed by atoms with Crippen LogP contribution in [0.15, 0.2) is 30.5 Å². The molecule has 1 aromatic heterocycles. The first-order valence-electron chi connectivity index (χ1n) is 5.63. The summed E-state index contributed by atoms with van der Waals surface area (Å²) in [5, 5.41) is 19.2. The Hall–Kier alpha value is -2.01. The molecule has 1 aromatic carbocycles. The molecule has 0 amide bonds. The Kier molecular flexibility index (Phi) is 3.53. The van der Waals surface area contributed by atoms with Crippen molar-refractivity contribution >= 4 is 16.9 Å². The number of aromatic nitrogens is 1. The number of nitrogens with zero attached hydrogens (tertiary/aromatic N) is 1. The second-order valence-electron chi connectivity index (χ2n) is 4.11. The van der Waals surface area contributed by atoms with Crippen molar-refractivity contribution < 1.29 is 19.7 Å². The second-order valence-corrected chi connectivity index (χ2v) is 4.11. The number of aliphatic hydroxyl groups excluding tert-OH is 1. The van der Waals surface area contributed by atoms with Crippen molar-refractivity contribution in [3.8, 4) is 5.75 Å². The maximum Gasteiger partial charge on any atom is 0.306 e. The van der Waals surface area contributed by atoms with E-state index in [2.05, 4.69) is 0 Å². The predicted octanol–water partition coefficient (Wildman–Crippen LogP) is 1.49. The number of fused-ring (bicyclic) bond motifs is 1. The Labute approximate surface area is 104 Å². The Balaban J connectivity index is 2.27. The molecule has 96 valence electrons. The van der Waals surface area contributed by atoms with Crippen LogP contribution in [0, 0.1) is 0 Å². The van der Waals surface area contributed by atoms with E-state index in [-0.39, 0.29) is 13.0 Å². The minimum atomic E-state index is -1.00. The van der Waals surface area contributed by atoms with Gasteiger partial charge in [0.15, 0.2) is 0 Å². The highest BCUT2D eigenvalue weighted by Crippen LogP contribution is 2.26. The highest BCUT2D eigenvalue weighted by molar-refractivity contribution is 5.86. The van der Waals surface area contributed by atoms with Crippen molar-refractivity contribution in [2.75, 3.05) is 7.11 Å². The molecule has 1 unspecified atom stereocenters. The molecule has 0 spiro atoms. The van der Waals surface area contributed by atoms with Gasteiger partial charge in [0.05, 0.1) is 25.2 Å². The number of carboxylic acid groups (broad SMARTS) is 1. The highest BCUT2D eigenvalue weighted by atomic mass is 16.5. The van der Waals surface area contributed by atoms with Crippen LogP contribution < -0.4 is 4.74 Å². The smallest absolute Gasteiger partial charge is 0.306 e. The number of aliphatic hydroxyl groups is 1. The van der Waals surface area contributed by atoms with E-state index < -0.39 is 12.1 Å². The summed E-state index contributed by atoms with van der Waals surface area (Å²) in [4.78, 5) is 10.5. The highest BCUT2D eigenvalue weighted by Gasteiger charge is 2.12. The summed E-state index contributed by atoms with van der Waals surface area (Å²) in [6, 6.07) is 7.52. The fraction of sp³-hybridized carbons (Fsp3) is 0.308. The van der Waals surface area contributed by atoms with E-state index in [9.17, 15) is 9.90 Å².